The molecule has 2 saturated heterocycles. The Kier molecular flexibility index (Phi) is 5.94. The number of fused-ring (bicyclic) bond motifs is 1. The fourth-order valence-electron chi connectivity index (χ4n) is 4.36. The van der Waals surface area contributed by atoms with Gasteiger partial charge in [-0.3, -0.25) is 15.0 Å². The second kappa shape index (κ2) is 8.63. The molecular formula is C22H32N6O2. The summed E-state index contributed by atoms with van der Waals surface area (Å²) in [5, 5.41) is 2.48. The molecule has 0 radical (unpaired) electrons. The molecule has 0 aromatic heterocycles. The van der Waals surface area contributed by atoms with Crippen LogP contribution in [0.3, 0.4) is 0 Å². The molecule has 3 heterocycles. The number of carbonyl (C=O) groups is 2. The normalized spacial score (nSPS) is 24.9. The minimum atomic E-state index is -0.448. The number of rotatable bonds is 5. The summed E-state index contributed by atoms with van der Waals surface area (Å²) in [6.45, 7) is 9.70. The van der Waals surface area contributed by atoms with Gasteiger partial charge in [-0.15, -0.1) is 0 Å². The summed E-state index contributed by atoms with van der Waals surface area (Å²) in [7, 11) is 1.71. The van der Waals surface area contributed by atoms with Gasteiger partial charge in [0.05, 0.1) is 0 Å². The molecule has 2 atom stereocenters. The van der Waals surface area contributed by atoms with Crippen LogP contribution in [0.15, 0.2) is 35.3 Å². The molecule has 0 saturated carbocycles. The largest absolute Gasteiger partial charge is 0.340 e. The highest BCUT2D eigenvalue weighted by Gasteiger charge is 2.49. The van der Waals surface area contributed by atoms with E-state index in [0.29, 0.717) is 5.92 Å². The number of piperazine rings is 1. The third-order valence-corrected chi connectivity index (χ3v) is 6.19. The van der Waals surface area contributed by atoms with Crippen molar-refractivity contribution in [2.75, 3.05) is 39.8 Å². The van der Waals surface area contributed by atoms with Crippen molar-refractivity contribution in [1.82, 2.24) is 24.9 Å². The van der Waals surface area contributed by atoms with Gasteiger partial charge in [-0.1, -0.05) is 44.2 Å². The SMILES string of the molecule is CC(C)CCN1C(N2CCN(Cc3ccccc3)CC2)=NC2C1C(=O)NC(=O)N2C. The summed E-state index contributed by atoms with van der Waals surface area (Å²) in [6.07, 6.45) is 0.525. The number of benzene rings is 1. The van der Waals surface area contributed by atoms with E-state index in [-0.39, 0.29) is 11.9 Å². The molecule has 3 aliphatic rings. The fourth-order valence-corrected chi connectivity index (χ4v) is 4.36. The number of aliphatic imine (C=N–C) groups is 1. The minimum Gasteiger partial charge on any atom is -0.340 e. The molecule has 3 aliphatic heterocycles. The minimum absolute atomic E-state index is 0.242. The lowest BCUT2D eigenvalue weighted by molar-refractivity contribution is -0.127. The molecule has 4 rings (SSSR count). The van der Waals surface area contributed by atoms with Crippen molar-refractivity contribution >= 4 is 17.9 Å². The van der Waals surface area contributed by atoms with Crippen LogP contribution in [0.5, 0.6) is 0 Å². The first-order valence-electron chi connectivity index (χ1n) is 10.9. The van der Waals surface area contributed by atoms with E-state index in [1.54, 1.807) is 11.9 Å². The lowest BCUT2D eigenvalue weighted by atomic mass is 10.1. The number of nitrogens with zero attached hydrogens (tertiary/aromatic N) is 5. The van der Waals surface area contributed by atoms with E-state index in [1.165, 1.54) is 5.56 Å². The number of likely N-dealkylation sites (N-methyl/N-ethyl adjacent to an activating group) is 1. The van der Waals surface area contributed by atoms with Gasteiger partial charge < -0.3 is 14.7 Å². The van der Waals surface area contributed by atoms with Crippen LogP contribution >= 0.6 is 0 Å². The first-order chi connectivity index (χ1) is 14.4. The van der Waals surface area contributed by atoms with Crippen LogP contribution in [0.25, 0.3) is 0 Å². The average molecular weight is 413 g/mol. The van der Waals surface area contributed by atoms with Crippen molar-refractivity contribution in [3.05, 3.63) is 35.9 Å². The highest BCUT2D eigenvalue weighted by Crippen LogP contribution is 2.27. The lowest BCUT2D eigenvalue weighted by Gasteiger charge is -2.40. The van der Waals surface area contributed by atoms with Gasteiger partial charge in [0.1, 0.15) is 0 Å². The van der Waals surface area contributed by atoms with E-state index in [2.05, 4.69) is 58.1 Å². The van der Waals surface area contributed by atoms with Crippen molar-refractivity contribution in [3.8, 4) is 0 Å². The molecule has 3 amide bonds. The molecule has 8 nitrogen and oxygen atoms in total. The first-order valence-corrected chi connectivity index (χ1v) is 10.9. The third-order valence-electron chi connectivity index (χ3n) is 6.19. The third kappa shape index (κ3) is 4.14. The van der Waals surface area contributed by atoms with E-state index in [1.807, 2.05) is 6.07 Å². The predicted molar refractivity (Wildman–Crippen MR) is 116 cm³/mol. The fraction of sp³-hybridized carbons (Fsp3) is 0.591. The lowest BCUT2D eigenvalue weighted by Crippen LogP contribution is -2.64. The predicted octanol–water partition coefficient (Wildman–Crippen LogP) is 1.40. The molecule has 30 heavy (non-hydrogen) atoms. The smallest absolute Gasteiger partial charge is 0.325 e. The van der Waals surface area contributed by atoms with Crippen LogP contribution < -0.4 is 5.32 Å². The molecule has 2 fully saturated rings. The molecule has 162 valence electrons. The molecule has 1 N–H and O–H groups in total. The Balaban J connectivity index is 1.47. The van der Waals surface area contributed by atoms with Crippen molar-refractivity contribution in [2.24, 2.45) is 10.9 Å². The van der Waals surface area contributed by atoms with Crippen LogP contribution in [0.1, 0.15) is 25.8 Å². The molecule has 8 heteroatoms. The van der Waals surface area contributed by atoms with Crippen molar-refractivity contribution in [2.45, 2.75) is 39.0 Å². The summed E-state index contributed by atoms with van der Waals surface area (Å²) in [5.74, 6) is 1.15. The first kappa shape index (κ1) is 20.7. The summed E-state index contributed by atoms with van der Waals surface area (Å²) in [5.41, 5.74) is 1.32. The Morgan fingerprint density at radius 2 is 1.80 bits per heavy atom. The van der Waals surface area contributed by atoms with Gasteiger partial charge in [-0.25, -0.2) is 9.79 Å². The molecule has 0 bridgehead atoms. The van der Waals surface area contributed by atoms with Crippen LogP contribution in [0.2, 0.25) is 0 Å². The molecule has 1 aromatic rings. The van der Waals surface area contributed by atoms with Gasteiger partial charge in [-0.2, -0.15) is 0 Å². The highest BCUT2D eigenvalue weighted by atomic mass is 16.2. The van der Waals surface area contributed by atoms with Gasteiger partial charge in [-0.05, 0) is 17.9 Å². The number of carbonyl (C=O) groups excluding carboxylic acids is 2. The van der Waals surface area contributed by atoms with Crippen molar-refractivity contribution in [3.63, 3.8) is 0 Å². The second-order valence-corrected chi connectivity index (χ2v) is 8.82. The number of imide groups is 1. The molecule has 0 aliphatic carbocycles. The Morgan fingerprint density at radius 3 is 2.47 bits per heavy atom. The zero-order valence-corrected chi connectivity index (χ0v) is 18.1. The van der Waals surface area contributed by atoms with Crippen molar-refractivity contribution < 1.29 is 9.59 Å². The molecule has 1 aromatic carbocycles. The Morgan fingerprint density at radius 1 is 1.10 bits per heavy atom. The van der Waals surface area contributed by atoms with Gasteiger partial charge in [0.25, 0.3) is 5.91 Å². The summed E-state index contributed by atoms with van der Waals surface area (Å²) < 4.78 is 0. The van der Waals surface area contributed by atoms with Gasteiger partial charge >= 0.3 is 6.03 Å². The number of urea groups is 1. The zero-order valence-electron chi connectivity index (χ0n) is 18.1. The van der Waals surface area contributed by atoms with E-state index in [0.717, 1.165) is 51.6 Å². The zero-order chi connectivity index (χ0) is 21.3. The second-order valence-electron chi connectivity index (χ2n) is 8.82. The monoisotopic (exact) mass is 412 g/mol. The molecule has 0 spiro atoms. The number of hydrogen-bond acceptors (Lipinski definition) is 6. The van der Waals surface area contributed by atoms with Gasteiger partial charge in [0.15, 0.2) is 18.2 Å². The summed E-state index contributed by atoms with van der Waals surface area (Å²) in [4.78, 5) is 38.1. The number of guanidine groups is 1. The van der Waals surface area contributed by atoms with Crippen LogP contribution in [0, 0.1) is 5.92 Å². The van der Waals surface area contributed by atoms with Gasteiger partial charge in [0, 0.05) is 46.3 Å². The molecular weight excluding hydrogens is 380 g/mol. The van der Waals surface area contributed by atoms with Crippen LogP contribution in [0.4, 0.5) is 4.79 Å². The maximum Gasteiger partial charge on any atom is 0.325 e. The number of nitrogens with one attached hydrogen (secondary N) is 1. The van der Waals surface area contributed by atoms with Crippen LogP contribution in [-0.2, 0) is 11.3 Å². The average Bonchev–Trinajstić information content (AvgIpc) is 3.12. The van der Waals surface area contributed by atoms with Gasteiger partial charge in [0.2, 0.25) is 0 Å². The number of amides is 3. The van der Waals surface area contributed by atoms with Crippen molar-refractivity contribution in [1.29, 1.82) is 0 Å². The maximum atomic E-state index is 12.7. The quantitative estimate of drug-likeness (QED) is 0.792. The Hall–Kier alpha value is -2.61. The van der Waals surface area contributed by atoms with E-state index in [9.17, 15) is 9.59 Å². The van der Waals surface area contributed by atoms with E-state index >= 15 is 0 Å². The summed E-state index contributed by atoms with van der Waals surface area (Å²) in [6, 6.07) is 9.72. The van der Waals surface area contributed by atoms with Crippen LogP contribution in [-0.4, -0.2) is 89.5 Å². The topological polar surface area (TPSA) is 71.5 Å². The molecule has 2 unspecified atom stereocenters. The maximum absolute atomic E-state index is 12.7. The Bertz CT molecular complexity index is 803. The van der Waals surface area contributed by atoms with E-state index < -0.39 is 12.2 Å². The highest BCUT2D eigenvalue weighted by molar-refractivity contribution is 6.03. The standard InChI is InChI=1S/C22H32N6O2/c1-16(2)9-10-28-18-19(25(3)22(30)24-20(18)29)23-21(28)27-13-11-26(12-14-27)15-17-7-5-4-6-8-17/h4-8,16,18-19H,9-15H2,1-3H3,(H,24,29,30). The summed E-state index contributed by atoms with van der Waals surface area (Å²) >= 11 is 0. The number of hydrogen-bond donors (Lipinski definition) is 1. The van der Waals surface area contributed by atoms with E-state index in [4.69, 9.17) is 4.99 Å². The Labute approximate surface area is 178 Å².